The van der Waals surface area contributed by atoms with E-state index in [1.54, 1.807) is 24.5 Å². The smallest absolute Gasteiger partial charge is 0.238 e. The SMILES string of the molecule is NS(=O)(=O)c1ccc(Nc2ncc3c(n2)-n2ccnc2CC3)cc1. The minimum absolute atomic E-state index is 0.0578. The van der Waals surface area contributed by atoms with Crippen LogP contribution in [0.4, 0.5) is 11.6 Å². The summed E-state index contributed by atoms with van der Waals surface area (Å²) >= 11 is 0. The van der Waals surface area contributed by atoms with Crippen molar-refractivity contribution in [3.05, 3.63) is 54.2 Å². The number of anilines is 2. The van der Waals surface area contributed by atoms with E-state index in [1.165, 1.54) is 12.1 Å². The third kappa shape index (κ3) is 2.63. The van der Waals surface area contributed by atoms with Gasteiger partial charge >= 0.3 is 0 Å². The van der Waals surface area contributed by atoms with Crippen LogP contribution in [0.2, 0.25) is 0 Å². The Bertz CT molecular complexity index is 1010. The van der Waals surface area contributed by atoms with Crippen molar-refractivity contribution in [3.63, 3.8) is 0 Å². The molecule has 0 spiro atoms. The van der Waals surface area contributed by atoms with Gasteiger partial charge in [-0.2, -0.15) is 4.98 Å². The highest BCUT2D eigenvalue weighted by atomic mass is 32.2. The van der Waals surface area contributed by atoms with Crippen LogP contribution in [0.5, 0.6) is 0 Å². The predicted molar refractivity (Wildman–Crippen MR) is 87.7 cm³/mol. The van der Waals surface area contributed by atoms with E-state index in [0.717, 1.165) is 30.0 Å². The van der Waals surface area contributed by atoms with Crippen LogP contribution in [0.1, 0.15) is 11.4 Å². The number of aromatic nitrogens is 4. The summed E-state index contributed by atoms with van der Waals surface area (Å²) in [5, 5.41) is 8.15. The number of benzene rings is 1. The molecule has 4 rings (SSSR count). The molecule has 0 amide bonds. The van der Waals surface area contributed by atoms with Gasteiger partial charge in [0.15, 0.2) is 0 Å². The molecular formula is C15H14N6O2S. The number of fused-ring (bicyclic) bond motifs is 3. The summed E-state index contributed by atoms with van der Waals surface area (Å²) < 4.78 is 24.5. The van der Waals surface area contributed by atoms with Crippen molar-refractivity contribution in [2.75, 3.05) is 5.32 Å². The zero-order chi connectivity index (χ0) is 16.7. The van der Waals surface area contributed by atoms with Crippen molar-refractivity contribution in [1.82, 2.24) is 19.5 Å². The Labute approximate surface area is 138 Å². The number of imidazole rings is 1. The van der Waals surface area contributed by atoms with Crippen LogP contribution in [-0.4, -0.2) is 27.9 Å². The summed E-state index contributed by atoms with van der Waals surface area (Å²) in [7, 11) is -3.70. The van der Waals surface area contributed by atoms with Gasteiger partial charge in [0, 0.05) is 36.3 Å². The van der Waals surface area contributed by atoms with Gasteiger partial charge in [0.25, 0.3) is 0 Å². The maximum atomic E-state index is 11.3. The van der Waals surface area contributed by atoms with Gasteiger partial charge in [-0.1, -0.05) is 0 Å². The molecule has 1 aromatic carbocycles. The van der Waals surface area contributed by atoms with E-state index in [2.05, 4.69) is 20.3 Å². The monoisotopic (exact) mass is 342 g/mol. The molecular weight excluding hydrogens is 328 g/mol. The quantitative estimate of drug-likeness (QED) is 0.738. The lowest BCUT2D eigenvalue weighted by Crippen LogP contribution is -2.15. The van der Waals surface area contributed by atoms with E-state index in [9.17, 15) is 8.42 Å². The van der Waals surface area contributed by atoms with E-state index in [-0.39, 0.29) is 4.90 Å². The van der Waals surface area contributed by atoms with Crippen LogP contribution >= 0.6 is 0 Å². The van der Waals surface area contributed by atoms with Gasteiger partial charge in [-0.05, 0) is 30.7 Å². The molecule has 0 radical (unpaired) electrons. The topological polar surface area (TPSA) is 116 Å². The highest BCUT2D eigenvalue weighted by Crippen LogP contribution is 2.23. The summed E-state index contributed by atoms with van der Waals surface area (Å²) in [4.78, 5) is 13.2. The molecule has 122 valence electrons. The summed E-state index contributed by atoms with van der Waals surface area (Å²) in [6, 6.07) is 6.10. The number of rotatable bonds is 3. The lowest BCUT2D eigenvalue weighted by molar-refractivity contribution is 0.598. The Hall–Kier alpha value is -2.78. The van der Waals surface area contributed by atoms with Gasteiger partial charge in [0.05, 0.1) is 4.90 Å². The Balaban J connectivity index is 1.64. The van der Waals surface area contributed by atoms with E-state index in [1.807, 2.05) is 10.8 Å². The average molecular weight is 342 g/mol. The first-order chi connectivity index (χ1) is 11.5. The first kappa shape index (κ1) is 14.8. The van der Waals surface area contributed by atoms with E-state index >= 15 is 0 Å². The molecule has 1 aliphatic rings. The molecule has 3 aromatic rings. The first-order valence-corrected chi connectivity index (χ1v) is 8.84. The summed E-state index contributed by atoms with van der Waals surface area (Å²) in [6.45, 7) is 0. The number of sulfonamides is 1. The number of nitrogens with zero attached hydrogens (tertiary/aromatic N) is 4. The molecule has 8 nitrogen and oxygen atoms in total. The molecule has 0 aliphatic carbocycles. The van der Waals surface area contributed by atoms with E-state index < -0.39 is 10.0 Å². The molecule has 3 heterocycles. The fraction of sp³-hybridized carbons (Fsp3) is 0.133. The lowest BCUT2D eigenvalue weighted by Gasteiger charge is -2.17. The molecule has 3 N–H and O–H groups in total. The van der Waals surface area contributed by atoms with Crippen LogP contribution < -0.4 is 10.5 Å². The van der Waals surface area contributed by atoms with Crippen molar-refractivity contribution < 1.29 is 8.42 Å². The Morgan fingerprint density at radius 1 is 1.12 bits per heavy atom. The van der Waals surface area contributed by atoms with Gasteiger partial charge in [0.2, 0.25) is 16.0 Å². The fourth-order valence-corrected chi connectivity index (χ4v) is 3.17. The van der Waals surface area contributed by atoms with E-state index in [4.69, 9.17) is 5.14 Å². The number of hydrogen-bond donors (Lipinski definition) is 2. The normalized spacial score (nSPS) is 13.2. The molecule has 0 saturated carbocycles. The molecule has 0 atom stereocenters. The largest absolute Gasteiger partial charge is 0.324 e. The van der Waals surface area contributed by atoms with Crippen LogP contribution in [0.15, 0.2) is 47.8 Å². The zero-order valence-corrected chi connectivity index (χ0v) is 13.4. The molecule has 0 unspecified atom stereocenters. The molecule has 1 aliphatic heterocycles. The Morgan fingerprint density at radius 2 is 1.92 bits per heavy atom. The van der Waals surface area contributed by atoms with Crippen LogP contribution in [0, 0.1) is 0 Å². The van der Waals surface area contributed by atoms with Crippen LogP contribution in [0.25, 0.3) is 5.82 Å². The second-order valence-corrected chi connectivity index (χ2v) is 7.01. The highest BCUT2D eigenvalue weighted by Gasteiger charge is 2.18. The van der Waals surface area contributed by atoms with Gasteiger partial charge in [-0.15, -0.1) is 0 Å². The fourth-order valence-electron chi connectivity index (χ4n) is 2.66. The van der Waals surface area contributed by atoms with Gasteiger partial charge < -0.3 is 5.32 Å². The number of nitrogens with one attached hydrogen (secondary N) is 1. The third-order valence-electron chi connectivity index (χ3n) is 3.84. The number of primary sulfonamides is 1. The summed E-state index contributed by atoms with van der Waals surface area (Å²) in [6.07, 6.45) is 7.16. The molecule has 9 heteroatoms. The average Bonchev–Trinajstić information content (AvgIpc) is 3.03. The van der Waals surface area contributed by atoms with Crippen LogP contribution in [0.3, 0.4) is 0 Å². The summed E-state index contributed by atoms with van der Waals surface area (Å²) in [5.41, 5.74) is 1.74. The minimum Gasteiger partial charge on any atom is -0.324 e. The lowest BCUT2D eigenvalue weighted by atomic mass is 10.1. The van der Waals surface area contributed by atoms with E-state index in [0.29, 0.717) is 11.6 Å². The zero-order valence-electron chi connectivity index (χ0n) is 12.5. The maximum absolute atomic E-state index is 11.3. The van der Waals surface area contributed by atoms with Crippen molar-refractivity contribution >= 4 is 21.7 Å². The van der Waals surface area contributed by atoms with Crippen molar-refractivity contribution in [1.29, 1.82) is 0 Å². The second kappa shape index (κ2) is 5.39. The molecule has 0 bridgehead atoms. The first-order valence-electron chi connectivity index (χ1n) is 7.29. The number of aryl methyl sites for hydroxylation is 2. The maximum Gasteiger partial charge on any atom is 0.238 e. The predicted octanol–water partition coefficient (Wildman–Crippen LogP) is 1.15. The van der Waals surface area contributed by atoms with Gasteiger partial charge in [-0.3, -0.25) is 4.57 Å². The van der Waals surface area contributed by atoms with Crippen LogP contribution in [-0.2, 0) is 22.9 Å². The standard InChI is InChI=1S/C15H14N6O2S/c16-24(22,23)12-4-2-11(3-5-12)19-15-18-9-10-1-6-13-17-7-8-21(13)14(10)20-15/h2-5,7-9H,1,6H2,(H2,16,22,23)(H,18,19,20). The van der Waals surface area contributed by atoms with Crippen molar-refractivity contribution in [3.8, 4) is 5.82 Å². The molecule has 2 aromatic heterocycles. The Kier molecular flexibility index (Phi) is 3.32. The molecule has 0 fully saturated rings. The second-order valence-electron chi connectivity index (χ2n) is 5.45. The Morgan fingerprint density at radius 3 is 2.67 bits per heavy atom. The number of nitrogens with two attached hydrogens (primary N) is 1. The number of hydrogen-bond acceptors (Lipinski definition) is 6. The molecule has 0 saturated heterocycles. The summed E-state index contributed by atoms with van der Waals surface area (Å²) in [5.74, 6) is 2.22. The van der Waals surface area contributed by atoms with Gasteiger partial charge in [-0.25, -0.2) is 23.5 Å². The minimum atomic E-state index is -3.70. The third-order valence-corrected chi connectivity index (χ3v) is 4.77. The van der Waals surface area contributed by atoms with Crippen molar-refractivity contribution in [2.24, 2.45) is 5.14 Å². The van der Waals surface area contributed by atoms with Crippen molar-refractivity contribution in [2.45, 2.75) is 17.7 Å². The van der Waals surface area contributed by atoms with Gasteiger partial charge in [0.1, 0.15) is 11.6 Å². The highest BCUT2D eigenvalue weighted by molar-refractivity contribution is 7.89. The molecule has 24 heavy (non-hydrogen) atoms.